The number of hydrogen-bond donors (Lipinski definition) is 0. The Bertz CT molecular complexity index is 468. The van der Waals surface area contributed by atoms with E-state index in [0.717, 1.165) is 5.75 Å². The third kappa shape index (κ3) is 4.39. The Labute approximate surface area is 106 Å². The molecule has 0 amide bonds. The molecule has 0 saturated carbocycles. The normalized spacial score (nSPS) is 18.8. The van der Waals surface area contributed by atoms with Gasteiger partial charge in [0.2, 0.25) is 0 Å². The first-order valence-electron chi connectivity index (χ1n) is 5.73. The number of ether oxygens (including phenoxy) is 2. The molecule has 3 heteroatoms. The van der Waals surface area contributed by atoms with E-state index in [2.05, 4.69) is 0 Å². The van der Waals surface area contributed by atoms with Crippen LogP contribution in [-0.2, 0) is 9.53 Å². The SMILES string of the molecule is O=C(C=CC=CC=COc1ccccc1)C1CO1. The Morgan fingerprint density at radius 2 is 1.89 bits per heavy atom. The van der Waals surface area contributed by atoms with Crippen LogP contribution in [0.1, 0.15) is 0 Å². The summed E-state index contributed by atoms with van der Waals surface area (Å²) < 4.78 is 10.2. The summed E-state index contributed by atoms with van der Waals surface area (Å²) in [5.41, 5.74) is 0. The smallest absolute Gasteiger partial charge is 0.186 e. The van der Waals surface area contributed by atoms with Gasteiger partial charge in [0.25, 0.3) is 0 Å². The third-order valence-corrected chi connectivity index (χ3v) is 2.27. The molecule has 1 fully saturated rings. The number of benzene rings is 1. The maximum Gasteiger partial charge on any atom is 0.186 e. The van der Waals surface area contributed by atoms with E-state index in [-0.39, 0.29) is 11.9 Å². The zero-order valence-electron chi connectivity index (χ0n) is 9.86. The molecule has 2 rings (SSSR count). The first-order chi connectivity index (χ1) is 8.86. The van der Waals surface area contributed by atoms with Crippen LogP contribution in [0.15, 0.2) is 67.0 Å². The molecule has 1 aromatic carbocycles. The molecule has 0 N–H and O–H groups in total. The summed E-state index contributed by atoms with van der Waals surface area (Å²) in [4.78, 5) is 11.2. The Morgan fingerprint density at radius 1 is 1.17 bits per heavy atom. The highest BCUT2D eigenvalue weighted by atomic mass is 16.6. The van der Waals surface area contributed by atoms with Crippen molar-refractivity contribution in [3.05, 3.63) is 67.0 Å². The predicted octanol–water partition coefficient (Wildman–Crippen LogP) is 2.66. The summed E-state index contributed by atoms with van der Waals surface area (Å²) in [5.74, 6) is 0.808. The lowest BCUT2D eigenvalue weighted by atomic mass is 10.3. The van der Waals surface area contributed by atoms with Gasteiger partial charge in [-0.2, -0.15) is 0 Å². The third-order valence-electron chi connectivity index (χ3n) is 2.27. The second kappa shape index (κ2) is 6.57. The highest BCUT2D eigenvalue weighted by Crippen LogP contribution is 2.10. The van der Waals surface area contributed by atoms with E-state index in [1.54, 1.807) is 30.6 Å². The number of epoxide rings is 1. The van der Waals surface area contributed by atoms with Crippen molar-refractivity contribution < 1.29 is 14.3 Å². The van der Waals surface area contributed by atoms with E-state index in [1.165, 1.54) is 6.08 Å². The Hall–Kier alpha value is -2.13. The van der Waals surface area contributed by atoms with Gasteiger partial charge in [0.1, 0.15) is 11.9 Å². The molecule has 1 aromatic rings. The molecule has 0 aromatic heterocycles. The highest BCUT2D eigenvalue weighted by Gasteiger charge is 2.28. The van der Waals surface area contributed by atoms with Crippen LogP contribution in [0, 0.1) is 0 Å². The number of rotatable bonds is 6. The molecule has 1 aliphatic rings. The molecule has 1 unspecified atom stereocenters. The van der Waals surface area contributed by atoms with Crippen LogP contribution in [0.2, 0.25) is 0 Å². The fourth-order valence-electron chi connectivity index (χ4n) is 1.26. The van der Waals surface area contributed by atoms with E-state index in [0.29, 0.717) is 6.61 Å². The summed E-state index contributed by atoms with van der Waals surface area (Å²) >= 11 is 0. The average molecular weight is 242 g/mol. The van der Waals surface area contributed by atoms with E-state index in [9.17, 15) is 4.79 Å². The van der Waals surface area contributed by atoms with Crippen LogP contribution >= 0.6 is 0 Å². The molecule has 0 aliphatic carbocycles. The van der Waals surface area contributed by atoms with Crippen LogP contribution in [0.5, 0.6) is 5.75 Å². The van der Waals surface area contributed by atoms with Crippen molar-refractivity contribution in [1.82, 2.24) is 0 Å². The molecule has 0 spiro atoms. The van der Waals surface area contributed by atoms with Crippen molar-refractivity contribution in [2.24, 2.45) is 0 Å². The molecule has 1 atom stereocenters. The van der Waals surface area contributed by atoms with Crippen molar-refractivity contribution >= 4 is 5.78 Å². The number of ketones is 1. The van der Waals surface area contributed by atoms with Gasteiger partial charge < -0.3 is 9.47 Å². The first-order valence-corrected chi connectivity index (χ1v) is 5.73. The van der Waals surface area contributed by atoms with Gasteiger partial charge in [0.15, 0.2) is 5.78 Å². The number of carbonyl (C=O) groups excluding carboxylic acids is 1. The maximum absolute atomic E-state index is 11.2. The summed E-state index contributed by atoms with van der Waals surface area (Å²) in [6.07, 6.45) is 9.91. The van der Waals surface area contributed by atoms with Gasteiger partial charge in [-0.05, 0) is 24.3 Å². The van der Waals surface area contributed by atoms with E-state index in [4.69, 9.17) is 9.47 Å². The minimum absolute atomic E-state index is 0.0177. The molecule has 92 valence electrons. The number of carbonyl (C=O) groups is 1. The minimum atomic E-state index is -0.202. The predicted molar refractivity (Wildman–Crippen MR) is 69.2 cm³/mol. The summed E-state index contributed by atoms with van der Waals surface area (Å²) in [6.45, 7) is 0.553. The number of hydrogen-bond acceptors (Lipinski definition) is 3. The first kappa shape index (κ1) is 12.3. The molecular weight excluding hydrogens is 228 g/mol. The lowest BCUT2D eigenvalue weighted by Gasteiger charge is -1.96. The van der Waals surface area contributed by atoms with Crippen molar-refractivity contribution in [1.29, 1.82) is 0 Å². The minimum Gasteiger partial charge on any atom is -0.465 e. The van der Waals surface area contributed by atoms with Crippen LogP contribution < -0.4 is 4.74 Å². The zero-order chi connectivity index (χ0) is 12.6. The summed E-state index contributed by atoms with van der Waals surface area (Å²) in [6, 6.07) is 9.51. The standard InChI is InChI=1S/C15H14O3/c16-14(15-12-18-15)10-6-1-2-7-11-17-13-8-4-3-5-9-13/h1-11,15H,12H2. The van der Waals surface area contributed by atoms with Crippen LogP contribution in [-0.4, -0.2) is 18.5 Å². The lowest BCUT2D eigenvalue weighted by molar-refractivity contribution is -0.115. The van der Waals surface area contributed by atoms with Crippen LogP contribution in [0.4, 0.5) is 0 Å². The van der Waals surface area contributed by atoms with Gasteiger partial charge in [-0.25, -0.2) is 0 Å². The lowest BCUT2D eigenvalue weighted by Crippen LogP contribution is -2.00. The molecule has 0 radical (unpaired) electrons. The van der Waals surface area contributed by atoms with Gasteiger partial charge in [0.05, 0.1) is 12.9 Å². The topological polar surface area (TPSA) is 38.8 Å². The second-order valence-corrected chi connectivity index (χ2v) is 3.73. The summed E-state index contributed by atoms with van der Waals surface area (Å²) in [5, 5.41) is 0. The Kier molecular flexibility index (Phi) is 4.50. The molecule has 0 bridgehead atoms. The van der Waals surface area contributed by atoms with Crippen LogP contribution in [0.25, 0.3) is 0 Å². The number of para-hydroxylation sites is 1. The average Bonchev–Trinajstić information content (AvgIpc) is 3.23. The molecule has 18 heavy (non-hydrogen) atoms. The molecular formula is C15H14O3. The van der Waals surface area contributed by atoms with Crippen molar-refractivity contribution in [2.45, 2.75) is 6.10 Å². The molecule has 3 nitrogen and oxygen atoms in total. The Morgan fingerprint density at radius 3 is 2.61 bits per heavy atom. The van der Waals surface area contributed by atoms with Gasteiger partial charge in [-0.1, -0.05) is 36.4 Å². The van der Waals surface area contributed by atoms with Crippen LogP contribution in [0.3, 0.4) is 0 Å². The largest absolute Gasteiger partial charge is 0.465 e. The maximum atomic E-state index is 11.2. The molecule has 1 saturated heterocycles. The fraction of sp³-hybridized carbons (Fsp3) is 0.133. The monoisotopic (exact) mass is 242 g/mol. The van der Waals surface area contributed by atoms with Gasteiger partial charge >= 0.3 is 0 Å². The Balaban J connectivity index is 1.69. The number of allylic oxidation sites excluding steroid dienone is 4. The van der Waals surface area contributed by atoms with Crippen molar-refractivity contribution in [3.63, 3.8) is 0 Å². The van der Waals surface area contributed by atoms with Crippen molar-refractivity contribution in [3.8, 4) is 5.75 Å². The molecule has 1 heterocycles. The quantitative estimate of drug-likeness (QED) is 0.333. The van der Waals surface area contributed by atoms with E-state index < -0.39 is 0 Å². The summed E-state index contributed by atoms with van der Waals surface area (Å²) in [7, 11) is 0. The van der Waals surface area contributed by atoms with Gasteiger partial charge in [0, 0.05) is 0 Å². The van der Waals surface area contributed by atoms with E-state index in [1.807, 2.05) is 30.3 Å². The fourth-order valence-corrected chi connectivity index (χ4v) is 1.26. The molecule has 1 aliphatic heterocycles. The zero-order valence-corrected chi connectivity index (χ0v) is 9.86. The van der Waals surface area contributed by atoms with Gasteiger partial charge in [-0.3, -0.25) is 4.79 Å². The second-order valence-electron chi connectivity index (χ2n) is 3.73. The van der Waals surface area contributed by atoms with Crippen molar-refractivity contribution in [2.75, 3.05) is 6.61 Å². The van der Waals surface area contributed by atoms with E-state index >= 15 is 0 Å². The van der Waals surface area contributed by atoms with Gasteiger partial charge in [-0.15, -0.1) is 0 Å². The highest BCUT2D eigenvalue weighted by molar-refractivity contribution is 5.95.